The highest BCUT2D eigenvalue weighted by atomic mass is 16.5. The molecule has 0 fully saturated rings. The highest BCUT2D eigenvalue weighted by Crippen LogP contribution is 2.16. The average molecular weight is 227 g/mol. The molecule has 0 saturated carbocycles. The van der Waals surface area contributed by atoms with Crippen molar-refractivity contribution in [3.05, 3.63) is 48.3 Å². The number of aromatic amines is 1. The summed E-state index contributed by atoms with van der Waals surface area (Å²) in [5, 5.41) is 11.7. The first-order valence-corrected chi connectivity index (χ1v) is 5.34. The molecule has 1 heterocycles. The number of rotatable bonds is 5. The van der Waals surface area contributed by atoms with Crippen LogP contribution in [-0.2, 0) is 6.54 Å². The van der Waals surface area contributed by atoms with Crippen molar-refractivity contribution in [1.82, 2.24) is 4.98 Å². The topological polar surface area (TPSA) is 60.8 Å². The van der Waals surface area contributed by atoms with Crippen LogP contribution in [0.2, 0.25) is 0 Å². The lowest BCUT2D eigenvalue weighted by molar-refractivity contribution is 0.368. The van der Waals surface area contributed by atoms with E-state index >= 15 is 0 Å². The molecule has 1 aromatic carbocycles. The second-order valence-corrected chi connectivity index (χ2v) is 3.54. The van der Waals surface area contributed by atoms with Gasteiger partial charge in [0.25, 0.3) is 0 Å². The fourth-order valence-electron chi connectivity index (χ4n) is 1.46. The lowest BCUT2D eigenvalue weighted by Crippen LogP contribution is -1.98. The van der Waals surface area contributed by atoms with E-state index in [1.807, 2.05) is 48.8 Å². The zero-order valence-electron chi connectivity index (χ0n) is 9.31. The van der Waals surface area contributed by atoms with Crippen LogP contribution >= 0.6 is 0 Å². The third-order valence-electron chi connectivity index (χ3n) is 2.32. The zero-order valence-corrected chi connectivity index (χ0v) is 9.31. The maximum atomic E-state index is 8.38. The molecule has 0 amide bonds. The molecule has 0 bridgehead atoms. The first-order chi connectivity index (χ1) is 8.38. The van der Waals surface area contributed by atoms with E-state index in [0.717, 1.165) is 12.2 Å². The predicted molar refractivity (Wildman–Crippen MR) is 65.7 cm³/mol. The first-order valence-electron chi connectivity index (χ1n) is 5.34. The van der Waals surface area contributed by atoms with Gasteiger partial charge >= 0.3 is 0 Å². The van der Waals surface area contributed by atoms with E-state index in [4.69, 9.17) is 10.00 Å². The molecule has 0 radical (unpaired) electrons. The Morgan fingerprint density at radius 2 is 2.06 bits per heavy atom. The van der Waals surface area contributed by atoms with Crippen LogP contribution in [0.5, 0.6) is 5.75 Å². The smallest absolute Gasteiger partial charge is 0.174 e. The Kier molecular flexibility index (Phi) is 3.66. The summed E-state index contributed by atoms with van der Waals surface area (Å²) < 4.78 is 5.17. The molecule has 1 aromatic heterocycles. The SMILES string of the molecule is N#CCOc1ccc(NCc2cc[nH]c2)cc1. The van der Waals surface area contributed by atoms with Gasteiger partial charge < -0.3 is 15.0 Å². The molecule has 2 aromatic rings. The lowest BCUT2D eigenvalue weighted by atomic mass is 10.3. The number of aromatic nitrogens is 1. The molecule has 0 atom stereocenters. The van der Waals surface area contributed by atoms with Crippen LogP contribution in [0.3, 0.4) is 0 Å². The summed E-state index contributed by atoms with van der Waals surface area (Å²) in [5.74, 6) is 0.707. The van der Waals surface area contributed by atoms with Gasteiger partial charge in [-0.3, -0.25) is 0 Å². The van der Waals surface area contributed by atoms with Gasteiger partial charge in [-0.25, -0.2) is 0 Å². The van der Waals surface area contributed by atoms with Gasteiger partial charge in [-0.05, 0) is 35.9 Å². The summed E-state index contributed by atoms with van der Waals surface area (Å²) in [6.45, 7) is 0.859. The van der Waals surface area contributed by atoms with Crippen molar-refractivity contribution in [2.45, 2.75) is 6.54 Å². The molecule has 2 N–H and O–H groups in total. The summed E-state index contributed by atoms with van der Waals surface area (Å²) >= 11 is 0. The Bertz CT molecular complexity index is 482. The Morgan fingerprint density at radius 3 is 2.71 bits per heavy atom. The van der Waals surface area contributed by atoms with E-state index < -0.39 is 0 Å². The van der Waals surface area contributed by atoms with Gasteiger partial charge in [-0.1, -0.05) is 0 Å². The van der Waals surface area contributed by atoms with Gasteiger partial charge in [-0.2, -0.15) is 5.26 Å². The monoisotopic (exact) mass is 227 g/mol. The minimum atomic E-state index is 0.0795. The molecule has 0 aliphatic heterocycles. The number of nitriles is 1. The number of H-pyrrole nitrogens is 1. The number of nitrogens with one attached hydrogen (secondary N) is 2. The first kappa shape index (κ1) is 11.1. The van der Waals surface area contributed by atoms with E-state index in [1.165, 1.54) is 5.56 Å². The van der Waals surface area contributed by atoms with Gasteiger partial charge in [-0.15, -0.1) is 0 Å². The third-order valence-corrected chi connectivity index (χ3v) is 2.32. The van der Waals surface area contributed by atoms with Crippen molar-refractivity contribution < 1.29 is 4.74 Å². The maximum absolute atomic E-state index is 8.38. The second kappa shape index (κ2) is 5.61. The number of ether oxygens (including phenoxy) is 1. The van der Waals surface area contributed by atoms with E-state index in [9.17, 15) is 0 Å². The van der Waals surface area contributed by atoms with E-state index in [2.05, 4.69) is 10.3 Å². The van der Waals surface area contributed by atoms with Crippen molar-refractivity contribution in [3.63, 3.8) is 0 Å². The molecule has 4 heteroatoms. The molecule has 0 aliphatic carbocycles. The average Bonchev–Trinajstić information content (AvgIpc) is 2.88. The Hall–Kier alpha value is -2.41. The molecule has 0 spiro atoms. The van der Waals surface area contributed by atoms with Gasteiger partial charge in [0, 0.05) is 24.6 Å². The van der Waals surface area contributed by atoms with Gasteiger partial charge in [0.1, 0.15) is 11.8 Å². The Balaban J connectivity index is 1.88. The van der Waals surface area contributed by atoms with Gasteiger partial charge in [0.2, 0.25) is 0 Å². The summed E-state index contributed by atoms with van der Waals surface area (Å²) in [7, 11) is 0. The quantitative estimate of drug-likeness (QED) is 0.825. The largest absolute Gasteiger partial charge is 0.479 e. The predicted octanol–water partition coefficient (Wildman–Crippen LogP) is 2.53. The molecular weight excluding hydrogens is 214 g/mol. The zero-order chi connectivity index (χ0) is 11.9. The molecular formula is C13H13N3O. The minimum Gasteiger partial charge on any atom is -0.479 e. The lowest BCUT2D eigenvalue weighted by Gasteiger charge is -2.06. The van der Waals surface area contributed by atoms with Crippen molar-refractivity contribution in [2.75, 3.05) is 11.9 Å². The molecule has 17 heavy (non-hydrogen) atoms. The van der Waals surface area contributed by atoms with Crippen LogP contribution in [-0.4, -0.2) is 11.6 Å². The molecule has 2 rings (SSSR count). The molecule has 4 nitrogen and oxygen atoms in total. The number of benzene rings is 1. The highest BCUT2D eigenvalue weighted by molar-refractivity contribution is 5.46. The fraction of sp³-hybridized carbons (Fsp3) is 0.154. The normalized spacial score (nSPS) is 9.59. The Morgan fingerprint density at radius 1 is 1.24 bits per heavy atom. The van der Waals surface area contributed by atoms with Crippen LogP contribution in [0.25, 0.3) is 0 Å². The van der Waals surface area contributed by atoms with Gasteiger partial charge in [0.05, 0.1) is 0 Å². The van der Waals surface area contributed by atoms with Crippen molar-refractivity contribution >= 4 is 5.69 Å². The molecule has 0 saturated heterocycles. The van der Waals surface area contributed by atoms with Crippen molar-refractivity contribution in [3.8, 4) is 11.8 Å². The highest BCUT2D eigenvalue weighted by Gasteiger charge is 1.96. The Labute approximate surface area is 99.8 Å². The third kappa shape index (κ3) is 3.28. The summed E-state index contributed by atoms with van der Waals surface area (Å²) in [6.07, 6.45) is 3.85. The summed E-state index contributed by atoms with van der Waals surface area (Å²) in [5.41, 5.74) is 2.23. The standard InChI is InChI=1S/C13H13N3O/c14-6-8-17-13-3-1-12(2-4-13)16-10-11-5-7-15-9-11/h1-5,7,9,15-16H,8,10H2. The van der Waals surface area contributed by atoms with E-state index in [1.54, 1.807) is 0 Å². The number of hydrogen-bond acceptors (Lipinski definition) is 3. The van der Waals surface area contributed by atoms with Crippen LogP contribution in [0.1, 0.15) is 5.56 Å². The molecule has 0 aliphatic rings. The van der Waals surface area contributed by atoms with Crippen LogP contribution < -0.4 is 10.1 Å². The maximum Gasteiger partial charge on any atom is 0.174 e. The number of nitrogens with zero attached hydrogens (tertiary/aromatic N) is 1. The van der Waals surface area contributed by atoms with E-state index in [0.29, 0.717) is 5.75 Å². The number of anilines is 1. The fourth-order valence-corrected chi connectivity index (χ4v) is 1.46. The summed E-state index contributed by atoms with van der Waals surface area (Å²) in [6, 6.07) is 11.5. The number of hydrogen-bond donors (Lipinski definition) is 2. The second-order valence-electron chi connectivity index (χ2n) is 3.54. The molecule has 0 unspecified atom stereocenters. The van der Waals surface area contributed by atoms with Gasteiger partial charge in [0.15, 0.2) is 6.61 Å². The summed E-state index contributed by atoms with van der Waals surface area (Å²) in [4.78, 5) is 3.01. The van der Waals surface area contributed by atoms with Crippen molar-refractivity contribution in [2.24, 2.45) is 0 Å². The van der Waals surface area contributed by atoms with Crippen LogP contribution in [0, 0.1) is 11.3 Å². The van der Waals surface area contributed by atoms with Crippen LogP contribution in [0.15, 0.2) is 42.7 Å². The van der Waals surface area contributed by atoms with E-state index in [-0.39, 0.29) is 6.61 Å². The minimum absolute atomic E-state index is 0.0795. The molecule has 86 valence electrons. The van der Waals surface area contributed by atoms with Crippen molar-refractivity contribution in [1.29, 1.82) is 5.26 Å². The van der Waals surface area contributed by atoms with Crippen LogP contribution in [0.4, 0.5) is 5.69 Å².